The molecule has 1 fully saturated rings. The molecule has 0 unspecified atom stereocenters. The first-order valence-electron chi connectivity index (χ1n) is 11.9. The SMILES string of the molecule is O=C(c1ccccc1Oc1ccccc1)N1CCC(Cn2nc3c(cc2=O)CCCC3)CC1. The average molecular weight is 444 g/mol. The fourth-order valence-electron chi connectivity index (χ4n) is 4.81. The minimum Gasteiger partial charge on any atom is -0.457 e. The Bertz CT molecular complexity index is 1180. The highest BCUT2D eigenvalue weighted by Gasteiger charge is 2.26. The van der Waals surface area contributed by atoms with Gasteiger partial charge in [0.25, 0.3) is 11.5 Å². The smallest absolute Gasteiger partial charge is 0.267 e. The number of piperidine rings is 1. The Kier molecular flexibility index (Phi) is 6.24. The first-order chi connectivity index (χ1) is 16.2. The predicted molar refractivity (Wildman–Crippen MR) is 127 cm³/mol. The highest BCUT2D eigenvalue weighted by Crippen LogP contribution is 2.28. The molecule has 1 aromatic heterocycles. The Morgan fingerprint density at radius 2 is 1.70 bits per heavy atom. The molecule has 0 atom stereocenters. The van der Waals surface area contributed by atoms with Crippen LogP contribution in [0.4, 0.5) is 0 Å². The second kappa shape index (κ2) is 9.61. The quantitative estimate of drug-likeness (QED) is 0.584. The first-order valence-corrected chi connectivity index (χ1v) is 11.9. The van der Waals surface area contributed by atoms with E-state index in [1.54, 1.807) is 10.7 Å². The van der Waals surface area contributed by atoms with E-state index >= 15 is 0 Å². The van der Waals surface area contributed by atoms with E-state index in [9.17, 15) is 9.59 Å². The molecule has 2 aromatic carbocycles. The van der Waals surface area contributed by atoms with Crippen LogP contribution in [0, 0.1) is 5.92 Å². The van der Waals surface area contributed by atoms with Crippen LogP contribution in [0.25, 0.3) is 0 Å². The van der Waals surface area contributed by atoms with Gasteiger partial charge in [-0.25, -0.2) is 4.68 Å². The lowest BCUT2D eigenvalue weighted by Crippen LogP contribution is -2.40. The maximum atomic E-state index is 13.3. The number of nitrogens with zero attached hydrogens (tertiary/aromatic N) is 3. The lowest BCUT2D eigenvalue weighted by atomic mass is 9.95. The minimum absolute atomic E-state index is 0.00106. The van der Waals surface area contributed by atoms with Gasteiger partial charge in [0, 0.05) is 25.7 Å². The number of aryl methyl sites for hydroxylation is 2. The van der Waals surface area contributed by atoms with Gasteiger partial charge in [0.15, 0.2) is 0 Å². The number of hydrogen-bond donors (Lipinski definition) is 0. The van der Waals surface area contributed by atoms with Gasteiger partial charge in [-0.2, -0.15) is 5.10 Å². The van der Waals surface area contributed by atoms with Crippen LogP contribution in [0.2, 0.25) is 0 Å². The van der Waals surface area contributed by atoms with Crippen molar-refractivity contribution in [1.29, 1.82) is 0 Å². The van der Waals surface area contributed by atoms with Gasteiger partial charge in [0.2, 0.25) is 0 Å². The van der Waals surface area contributed by atoms with Gasteiger partial charge in [-0.1, -0.05) is 30.3 Å². The van der Waals surface area contributed by atoms with Crippen molar-refractivity contribution < 1.29 is 9.53 Å². The molecule has 5 rings (SSSR count). The summed E-state index contributed by atoms with van der Waals surface area (Å²) in [5, 5.41) is 4.67. The Balaban J connectivity index is 1.23. The number of rotatable bonds is 5. The summed E-state index contributed by atoms with van der Waals surface area (Å²) in [5.74, 6) is 1.61. The Hall–Kier alpha value is -3.41. The van der Waals surface area contributed by atoms with E-state index in [0.29, 0.717) is 42.6 Å². The zero-order chi connectivity index (χ0) is 22.6. The first kappa shape index (κ1) is 21.4. The maximum Gasteiger partial charge on any atom is 0.267 e. The van der Waals surface area contributed by atoms with Crippen molar-refractivity contribution in [3.8, 4) is 11.5 Å². The average Bonchev–Trinajstić information content (AvgIpc) is 2.85. The lowest BCUT2D eigenvalue weighted by Gasteiger charge is -2.32. The number of ether oxygens (including phenoxy) is 1. The van der Waals surface area contributed by atoms with Crippen molar-refractivity contribution in [2.24, 2.45) is 5.92 Å². The van der Waals surface area contributed by atoms with Crippen molar-refractivity contribution in [1.82, 2.24) is 14.7 Å². The molecule has 1 amide bonds. The highest BCUT2D eigenvalue weighted by molar-refractivity contribution is 5.97. The summed E-state index contributed by atoms with van der Waals surface area (Å²) in [4.78, 5) is 27.7. The van der Waals surface area contributed by atoms with Crippen molar-refractivity contribution in [2.45, 2.75) is 45.1 Å². The van der Waals surface area contributed by atoms with Crippen molar-refractivity contribution in [3.05, 3.63) is 87.8 Å². The third kappa shape index (κ3) is 4.85. The molecule has 170 valence electrons. The van der Waals surface area contributed by atoms with E-state index in [2.05, 4.69) is 5.10 Å². The molecule has 0 N–H and O–H groups in total. The van der Waals surface area contributed by atoms with E-state index in [4.69, 9.17) is 4.74 Å². The lowest BCUT2D eigenvalue weighted by molar-refractivity contribution is 0.0677. The Morgan fingerprint density at radius 1 is 0.970 bits per heavy atom. The van der Waals surface area contributed by atoms with Crippen LogP contribution >= 0.6 is 0 Å². The zero-order valence-corrected chi connectivity index (χ0v) is 18.8. The van der Waals surface area contributed by atoms with Crippen LogP contribution in [0.15, 0.2) is 65.5 Å². The molecule has 3 aromatic rings. The van der Waals surface area contributed by atoms with Crippen LogP contribution in [-0.4, -0.2) is 33.7 Å². The summed E-state index contributed by atoms with van der Waals surface area (Å²) in [5.41, 5.74) is 2.79. The molecule has 2 heterocycles. The molecule has 0 radical (unpaired) electrons. The summed E-state index contributed by atoms with van der Waals surface area (Å²) in [6, 6.07) is 18.7. The van der Waals surface area contributed by atoms with Crippen molar-refractivity contribution in [2.75, 3.05) is 13.1 Å². The fraction of sp³-hybridized carbons (Fsp3) is 0.370. The topological polar surface area (TPSA) is 64.4 Å². The van der Waals surface area contributed by atoms with Crippen LogP contribution in [0.5, 0.6) is 11.5 Å². The van der Waals surface area contributed by atoms with Gasteiger partial charge in [0.05, 0.1) is 11.3 Å². The van der Waals surface area contributed by atoms with Crippen molar-refractivity contribution in [3.63, 3.8) is 0 Å². The highest BCUT2D eigenvalue weighted by atomic mass is 16.5. The number of amides is 1. The second-order valence-corrected chi connectivity index (χ2v) is 8.99. The fourth-order valence-corrected chi connectivity index (χ4v) is 4.81. The van der Waals surface area contributed by atoms with Crippen LogP contribution in [0.1, 0.15) is 47.3 Å². The van der Waals surface area contributed by atoms with E-state index in [1.807, 2.05) is 59.5 Å². The summed E-state index contributed by atoms with van der Waals surface area (Å²) >= 11 is 0. The van der Waals surface area contributed by atoms with E-state index in [1.165, 1.54) is 0 Å². The molecule has 1 saturated heterocycles. The maximum absolute atomic E-state index is 13.3. The summed E-state index contributed by atoms with van der Waals surface area (Å²) in [6.45, 7) is 1.97. The third-order valence-corrected chi connectivity index (χ3v) is 6.70. The van der Waals surface area contributed by atoms with Crippen LogP contribution in [-0.2, 0) is 19.4 Å². The Labute approximate surface area is 193 Å². The predicted octanol–water partition coefficient (Wildman–Crippen LogP) is 4.47. The normalized spacial score (nSPS) is 16.3. The van der Waals surface area contributed by atoms with Gasteiger partial charge in [-0.3, -0.25) is 9.59 Å². The summed E-state index contributed by atoms with van der Waals surface area (Å²) < 4.78 is 7.63. The monoisotopic (exact) mass is 443 g/mol. The molecular weight excluding hydrogens is 414 g/mol. The molecule has 6 heteroatoms. The number of hydrogen-bond acceptors (Lipinski definition) is 4. The van der Waals surface area contributed by atoms with Gasteiger partial charge >= 0.3 is 0 Å². The van der Waals surface area contributed by atoms with Crippen LogP contribution < -0.4 is 10.3 Å². The number of para-hydroxylation sites is 2. The molecule has 0 bridgehead atoms. The zero-order valence-electron chi connectivity index (χ0n) is 18.8. The van der Waals surface area contributed by atoms with Crippen molar-refractivity contribution >= 4 is 5.91 Å². The number of carbonyl (C=O) groups excluding carboxylic acids is 1. The number of aromatic nitrogens is 2. The number of likely N-dealkylation sites (tertiary alicyclic amines) is 1. The summed E-state index contributed by atoms with van der Waals surface area (Å²) in [7, 11) is 0. The number of fused-ring (bicyclic) bond motifs is 1. The second-order valence-electron chi connectivity index (χ2n) is 8.99. The van der Waals surface area contributed by atoms with E-state index in [0.717, 1.165) is 49.8 Å². The largest absolute Gasteiger partial charge is 0.457 e. The molecule has 6 nitrogen and oxygen atoms in total. The van der Waals surface area contributed by atoms with Gasteiger partial charge in [-0.15, -0.1) is 0 Å². The molecular formula is C27H29N3O3. The molecule has 2 aliphatic rings. The molecule has 1 aliphatic carbocycles. The van der Waals surface area contributed by atoms with E-state index < -0.39 is 0 Å². The third-order valence-electron chi connectivity index (χ3n) is 6.70. The van der Waals surface area contributed by atoms with Crippen LogP contribution in [0.3, 0.4) is 0 Å². The number of benzene rings is 2. The van der Waals surface area contributed by atoms with Gasteiger partial charge in [-0.05, 0) is 74.3 Å². The number of carbonyl (C=O) groups is 1. The van der Waals surface area contributed by atoms with Gasteiger partial charge < -0.3 is 9.64 Å². The Morgan fingerprint density at radius 3 is 2.52 bits per heavy atom. The molecule has 0 saturated carbocycles. The molecule has 0 spiro atoms. The molecule has 1 aliphatic heterocycles. The minimum atomic E-state index is -0.0101. The van der Waals surface area contributed by atoms with E-state index in [-0.39, 0.29) is 11.5 Å². The summed E-state index contributed by atoms with van der Waals surface area (Å²) in [6.07, 6.45) is 5.94. The van der Waals surface area contributed by atoms with Gasteiger partial charge in [0.1, 0.15) is 11.5 Å². The molecule has 33 heavy (non-hydrogen) atoms. The standard InChI is InChI=1S/C27H29N3O3/c31-26-18-21-8-4-6-12-24(21)28-30(26)19-20-14-16-29(17-15-20)27(32)23-11-5-7-13-25(23)33-22-9-2-1-3-10-22/h1-3,5,7,9-11,13,18,20H,4,6,8,12,14-17,19H2.